The molecule has 0 aliphatic carbocycles. The quantitative estimate of drug-likeness (QED) is 0.795. The average molecular weight is 220 g/mol. The molecule has 0 spiro atoms. The Balaban J connectivity index is 2.75. The highest BCUT2D eigenvalue weighted by atomic mass is 16.1. The summed E-state index contributed by atoms with van der Waals surface area (Å²) in [5.41, 5.74) is 6.45. The maximum absolute atomic E-state index is 11.3. The van der Waals surface area contributed by atoms with Crippen LogP contribution in [0.1, 0.15) is 31.9 Å². The number of rotatable bonds is 5. The Labute approximate surface area is 97.0 Å². The van der Waals surface area contributed by atoms with E-state index in [1.165, 1.54) is 0 Å². The minimum atomic E-state index is -0.102. The number of carbonyl (C=O) groups is 1. The van der Waals surface area contributed by atoms with Crippen LogP contribution < -0.4 is 11.1 Å². The van der Waals surface area contributed by atoms with Gasteiger partial charge in [-0.25, -0.2) is 0 Å². The van der Waals surface area contributed by atoms with Crippen LogP contribution in [0.3, 0.4) is 0 Å². The van der Waals surface area contributed by atoms with Crippen molar-refractivity contribution in [3.05, 3.63) is 35.9 Å². The minimum absolute atomic E-state index is 0.0431. The smallest absolute Gasteiger partial charge is 0.234 e. The normalized spacial score (nSPS) is 12.5. The fourth-order valence-electron chi connectivity index (χ4n) is 1.69. The Morgan fingerprint density at radius 3 is 2.44 bits per heavy atom. The second-order valence-corrected chi connectivity index (χ2v) is 4.36. The predicted octanol–water partition coefficient (Wildman–Crippen LogP) is 1.85. The minimum Gasteiger partial charge on any atom is -0.348 e. The van der Waals surface area contributed by atoms with Gasteiger partial charge in [0, 0.05) is 0 Å². The molecular formula is C13H20N2O. The molecule has 3 heteroatoms. The van der Waals surface area contributed by atoms with E-state index in [4.69, 9.17) is 5.73 Å². The number of benzene rings is 1. The molecule has 0 fully saturated rings. The van der Waals surface area contributed by atoms with Gasteiger partial charge in [0.15, 0.2) is 0 Å². The van der Waals surface area contributed by atoms with Crippen LogP contribution in [0.2, 0.25) is 0 Å². The van der Waals surface area contributed by atoms with Crippen LogP contribution in [-0.4, -0.2) is 12.5 Å². The van der Waals surface area contributed by atoms with Crippen LogP contribution in [0.4, 0.5) is 0 Å². The Morgan fingerprint density at radius 2 is 1.94 bits per heavy atom. The first-order valence-electron chi connectivity index (χ1n) is 5.68. The van der Waals surface area contributed by atoms with Crippen molar-refractivity contribution in [1.82, 2.24) is 5.32 Å². The van der Waals surface area contributed by atoms with Gasteiger partial charge in [-0.1, -0.05) is 44.2 Å². The van der Waals surface area contributed by atoms with Crippen molar-refractivity contribution < 1.29 is 4.79 Å². The molecule has 0 aliphatic heterocycles. The van der Waals surface area contributed by atoms with Gasteiger partial charge >= 0.3 is 0 Å². The Hall–Kier alpha value is -1.35. The van der Waals surface area contributed by atoms with E-state index >= 15 is 0 Å². The highest BCUT2D eigenvalue weighted by Gasteiger charge is 2.14. The summed E-state index contributed by atoms with van der Waals surface area (Å²) in [5, 5.41) is 2.95. The summed E-state index contributed by atoms with van der Waals surface area (Å²) < 4.78 is 0. The number of carbonyl (C=O) groups excluding carboxylic acids is 1. The molecule has 1 unspecified atom stereocenters. The lowest BCUT2D eigenvalue weighted by Gasteiger charge is -2.20. The summed E-state index contributed by atoms with van der Waals surface area (Å²) in [4.78, 5) is 11.3. The van der Waals surface area contributed by atoms with E-state index in [9.17, 15) is 4.79 Å². The van der Waals surface area contributed by atoms with Crippen molar-refractivity contribution in [3.8, 4) is 0 Å². The molecule has 1 aromatic rings. The molecule has 88 valence electrons. The SMILES string of the molecule is CC(C)CC(NC(=O)CN)c1ccccc1. The molecule has 1 atom stereocenters. The molecule has 1 aromatic carbocycles. The molecule has 1 rings (SSSR count). The maximum atomic E-state index is 11.3. The standard InChI is InChI=1S/C13H20N2O/c1-10(2)8-12(15-13(16)9-14)11-6-4-3-5-7-11/h3-7,10,12H,8-9,14H2,1-2H3,(H,15,16). The Morgan fingerprint density at radius 1 is 1.31 bits per heavy atom. The fourth-order valence-corrected chi connectivity index (χ4v) is 1.69. The van der Waals surface area contributed by atoms with Gasteiger partial charge in [0.1, 0.15) is 0 Å². The molecule has 0 saturated carbocycles. The molecule has 0 aliphatic rings. The molecule has 0 radical (unpaired) electrons. The fraction of sp³-hybridized carbons (Fsp3) is 0.462. The number of nitrogens with two attached hydrogens (primary N) is 1. The largest absolute Gasteiger partial charge is 0.348 e. The van der Waals surface area contributed by atoms with Crippen molar-refractivity contribution in [2.24, 2.45) is 11.7 Å². The third-order valence-electron chi connectivity index (χ3n) is 2.43. The number of hydrogen-bond donors (Lipinski definition) is 2. The summed E-state index contributed by atoms with van der Waals surface area (Å²) in [6, 6.07) is 10.1. The molecule has 0 saturated heterocycles. The molecular weight excluding hydrogens is 200 g/mol. The van der Waals surface area contributed by atoms with Crippen LogP contribution in [0, 0.1) is 5.92 Å². The van der Waals surface area contributed by atoms with Crippen molar-refractivity contribution >= 4 is 5.91 Å². The lowest BCUT2D eigenvalue weighted by Crippen LogP contribution is -2.34. The third kappa shape index (κ3) is 4.03. The van der Waals surface area contributed by atoms with E-state index in [2.05, 4.69) is 19.2 Å². The Bertz CT molecular complexity index is 322. The Kier molecular flexibility index (Phi) is 4.99. The van der Waals surface area contributed by atoms with Crippen molar-refractivity contribution in [3.63, 3.8) is 0 Å². The first kappa shape index (κ1) is 12.7. The predicted molar refractivity (Wildman–Crippen MR) is 65.8 cm³/mol. The van der Waals surface area contributed by atoms with Crippen molar-refractivity contribution in [2.45, 2.75) is 26.3 Å². The monoisotopic (exact) mass is 220 g/mol. The van der Waals surface area contributed by atoms with Crippen LogP contribution in [0.5, 0.6) is 0 Å². The summed E-state index contributed by atoms with van der Waals surface area (Å²) in [5.74, 6) is 0.429. The van der Waals surface area contributed by atoms with Gasteiger partial charge in [0.05, 0.1) is 12.6 Å². The van der Waals surface area contributed by atoms with Gasteiger partial charge in [0.2, 0.25) is 5.91 Å². The van der Waals surface area contributed by atoms with E-state index in [1.807, 2.05) is 30.3 Å². The zero-order valence-electron chi connectivity index (χ0n) is 9.94. The molecule has 0 bridgehead atoms. The van der Waals surface area contributed by atoms with Gasteiger partial charge in [-0.2, -0.15) is 0 Å². The molecule has 0 heterocycles. The summed E-state index contributed by atoms with van der Waals surface area (Å²) in [6.45, 7) is 4.33. The first-order chi connectivity index (χ1) is 7.63. The van der Waals surface area contributed by atoms with Crippen LogP contribution in [0.25, 0.3) is 0 Å². The highest BCUT2D eigenvalue weighted by Crippen LogP contribution is 2.20. The molecule has 16 heavy (non-hydrogen) atoms. The van der Waals surface area contributed by atoms with Crippen LogP contribution in [-0.2, 0) is 4.79 Å². The van der Waals surface area contributed by atoms with E-state index in [0.29, 0.717) is 5.92 Å². The third-order valence-corrected chi connectivity index (χ3v) is 2.43. The van der Waals surface area contributed by atoms with Crippen molar-refractivity contribution in [1.29, 1.82) is 0 Å². The number of nitrogens with one attached hydrogen (secondary N) is 1. The van der Waals surface area contributed by atoms with E-state index in [1.54, 1.807) is 0 Å². The summed E-state index contributed by atoms with van der Waals surface area (Å²) >= 11 is 0. The highest BCUT2D eigenvalue weighted by molar-refractivity contribution is 5.78. The zero-order chi connectivity index (χ0) is 12.0. The van der Waals surface area contributed by atoms with Gasteiger partial charge in [-0.15, -0.1) is 0 Å². The lowest BCUT2D eigenvalue weighted by molar-refractivity contribution is -0.120. The van der Waals surface area contributed by atoms with E-state index < -0.39 is 0 Å². The zero-order valence-corrected chi connectivity index (χ0v) is 9.94. The van der Waals surface area contributed by atoms with Gasteiger partial charge < -0.3 is 11.1 Å². The van der Waals surface area contributed by atoms with Crippen molar-refractivity contribution in [2.75, 3.05) is 6.54 Å². The molecule has 3 N–H and O–H groups in total. The molecule has 3 nitrogen and oxygen atoms in total. The first-order valence-corrected chi connectivity index (χ1v) is 5.68. The molecule has 1 amide bonds. The van der Waals surface area contributed by atoms with E-state index in [0.717, 1.165) is 12.0 Å². The topological polar surface area (TPSA) is 55.1 Å². The maximum Gasteiger partial charge on any atom is 0.234 e. The van der Waals surface area contributed by atoms with Gasteiger partial charge in [-0.05, 0) is 17.9 Å². The molecule has 0 aromatic heterocycles. The van der Waals surface area contributed by atoms with Crippen LogP contribution in [0.15, 0.2) is 30.3 Å². The van der Waals surface area contributed by atoms with E-state index in [-0.39, 0.29) is 18.5 Å². The number of amides is 1. The van der Waals surface area contributed by atoms with Gasteiger partial charge in [0.25, 0.3) is 0 Å². The van der Waals surface area contributed by atoms with Gasteiger partial charge in [-0.3, -0.25) is 4.79 Å². The van der Waals surface area contributed by atoms with Crippen LogP contribution >= 0.6 is 0 Å². The lowest BCUT2D eigenvalue weighted by atomic mass is 9.97. The summed E-state index contributed by atoms with van der Waals surface area (Å²) in [7, 11) is 0. The summed E-state index contributed by atoms with van der Waals surface area (Å²) in [6.07, 6.45) is 0.926. The second-order valence-electron chi connectivity index (χ2n) is 4.36. The average Bonchev–Trinajstić information content (AvgIpc) is 2.28. The number of hydrogen-bond acceptors (Lipinski definition) is 2. The second kappa shape index (κ2) is 6.28.